The zero-order valence-corrected chi connectivity index (χ0v) is 26.9. The highest BCUT2D eigenvalue weighted by molar-refractivity contribution is 7.92. The molecule has 0 bridgehead atoms. The van der Waals surface area contributed by atoms with E-state index in [4.69, 9.17) is 23.0 Å². The average Bonchev–Trinajstić information content (AvgIpc) is 3.65. The van der Waals surface area contributed by atoms with Gasteiger partial charge in [0.25, 0.3) is 0 Å². The molecule has 12 heteroatoms. The van der Waals surface area contributed by atoms with E-state index in [0.717, 1.165) is 11.1 Å². The minimum atomic E-state index is -4.43. The molecule has 11 nitrogen and oxygen atoms in total. The van der Waals surface area contributed by atoms with Crippen molar-refractivity contribution >= 4 is 33.7 Å². The van der Waals surface area contributed by atoms with Gasteiger partial charge in [0.15, 0.2) is 27.0 Å². The summed E-state index contributed by atoms with van der Waals surface area (Å²) in [6.45, 7) is 4.96. The molecule has 0 aliphatic rings. The number of esters is 1. The Morgan fingerprint density at radius 3 is 2.21 bits per heavy atom. The van der Waals surface area contributed by atoms with Gasteiger partial charge in [-0.15, -0.1) is 0 Å². The van der Waals surface area contributed by atoms with Crippen molar-refractivity contribution in [1.29, 1.82) is 0 Å². The number of carbonyl (C=O) groups is 2. The van der Waals surface area contributed by atoms with Gasteiger partial charge in [-0.25, -0.2) is 23.2 Å². The number of aromatic nitrogens is 2. The minimum Gasteiger partial charge on any atom is -0.493 e. The molecule has 0 saturated heterocycles. The van der Waals surface area contributed by atoms with E-state index < -0.39 is 32.7 Å². The summed E-state index contributed by atoms with van der Waals surface area (Å²) in [6, 6.07) is 22.5. The number of Topliss-reactive ketones (excluding diaryl/α,β-unsaturated/α-hetero) is 1. The van der Waals surface area contributed by atoms with Crippen LogP contribution in [0.1, 0.15) is 67.6 Å². The van der Waals surface area contributed by atoms with E-state index in [9.17, 15) is 18.0 Å². The molecule has 47 heavy (non-hydrogen) atoms. The first kappa shape index (κ1) is 32.9. The predicted molar refractivity (Wildman–Crippen MR) is 172 cm³/mol. The molecule has 0 N–H and O–H groups in total. The maximum atomic E-state index is 14.0. The SMILES string of the molecule is CCOC(=O)c1nc(C(C(=O)c2nc(/C=C/c3ccc(OC)c(OCc4ccccc4)c3)oc2C)S(=O)(=O)c2ccccc2)oc1C. The third kappa shape index (κ3) is 7.33. The monoisotopic (exact) mass is 656 g/mol. The van der Waals surface area contributed by atoms with E-state index in [0.29, 0.717) is 18.1 Å². The average molecular weight is 657 g/mol. The Labute approximate surface area is 271 Å². The molecule has 2 heterocycles. The molecular weight excluding hydrogens is 624 g/mol. The molecule has 0 aliphatic carbocycles. The van der Waals surface area contributed by atoms with Crippen molar-refractivity contribution in [3.8, 4) is 11.5 Å². The van der Waals surface area contributed by atoms with Crippen LogP contribution in [0.15, 0.2) is 92.6 Å². The number of rotatable bonds is 13. The number of aryl methyl sites for hydroxylation is 2. The normalized spacial score (nSPS) is 12.2. The minimum absolute atomic E-state index is 0.00613. The first-order valence-electron chi connectivity index (χ1n) is 14.6. The van der Waals surface area contributed by atoms with Crippen LogP contribution in [0.4, 0.5) is 0 Å². The zero-order valence-electron chi connectivity index (χ0n) is 26.1. The van der Waals surface area contributed by atoms with Crippen molar-refractivity contribution in [2.24, 2.45) is 0 Å². The van der Waals surface area contributed by atoms with Crippen LogP contribution in [0.2, 0.25) is 0 Å². The van der Waals surface area contributed by atoms with Crippen LogP contribution in [-0.2, 0) is 21.2 Å². The molecule has 5 aromatic rings. The molecule has 0 fully saturated rings. The Morgan fingerprint density at radius 1 is 0.851 bits per heavy atom. The van der Waals surface area contributed by atoms with Gasteiger partial charge in [-0.2, -0.15) is 0 Å². The summed E-state index contributed by atoms with van der Waals surface area (Å²) < 4.78 is 55.6. The predicted octanol–water partition coefficient (Wildman–Crippen LogP) is 6.61. The summed E-state index contributed by atoms with van der Waals surface area (Å²) in [5.74, 6) is -1.01. The second kappa shape index (κ2) is 14.3. The second-order valence-electron chi connectivity index (χ2n) is 10.3. The quantitative estimate of drug-likeness (QED) is 0.0995. The van der Waals surface area contributed by atoms with Crippen molar-refractivity contribution in [3.05, 3.63) is 125 Å². The number of methoxy groups -OCH3 is 1. The number of ether oxygens (including phenoxy) is 3. The number of hydrogen-bond acceptors (Lipinski definition) is 11. The standard InChI is InChI=1S/C35H32N2O9S/c1-5-43-35(39)31-23(3)46-34(37-31)33(47(40,41)26-14-10-7-11-15-26)32(38)30-22(2)45-29(36-30)19-17-24-16-18-27(42-4)28(20-24)44-21-25-12-8-6-9-13-25/h6-20,33H,5,21H2,1-4H3/b19-17+. The van der Waals surface area contributed by atoms with Crippen LogP contribution in [0, 0.1) is 13.8 Å². The topological polar surface area (TPSA) is 148 Å². The highest BCUT2D eigenvalue weighted by atomic mass is 32.2. The van der Waals surface area contributed by atoms with E-state index in [2.05, 4.69) is 9.97 Å². The molecular formula is C35H32N2O9S. The first-order chi connectivity index (χ1) is 22.6. The highest BCUT2D eigenvalue weighted by Gasteiger charge is 2.43. The lowest BCUT2D eigenvalue weighted by Gasteiger charge is -2.13. The molecule has 0 radical (unpaired) electrons. The van der Waals surface area contributed by atoms with E-state index in [-0.39, 0.29) is 40.3 Å². The Kier molecular flexibility index (Phi) is 10.0. The van der Waals surface area contributed by atoms with Gasteiger partial charge in [-0.3, -0.25) is 4.79 Å². The Balaban J connectivity index is 1.46. The maximum absolute atomic E-state index is 14.0. The summed E-state index contributed by atoms with van der Waals surface area (Å²) >= 11 is 0. The number of oxazole rings is 2. The molecule has 0 amide bonds. The highest BCUT2D eigenvalue weighted by Crippen LogP contribution is 2.34. The number of sulfone groups is 1. The van der Waals surface area contributed by atoms with Crippen molar-refractivity contribution < 1.29 is 41.1 Å². The summed E-state index contributed by atoms with van der Waals surface area (Å²) in [7, 11) is -2.87. The van der Waals surface area contributed by atoms with Gasteiger partial charge in [0.05, 0.1) is 18.6 Å². The van der Waals surface area contributed by atoms with Gasteiger partial charge in [0.2, 0.25) is 22.8 Å². The molecule has 242 valence electrons. The summed E-state index contributed by atoms with van der Waals surface area (Å²) in [6.07, 6.45) is 3.25. The third-order valence-corrected chi connectivity index (χ3v) is 8.98. The Morgan fingerprint density at radius 2 is 1.53 bits per heavy atom. The van der Waals surface area contributed by atoms with Gasteiger partial charge >= 0.3 is 5.97 Å². The lowest BCUT2D eigenvalue weighted by molar-refractivity contribution is 0.0518. The van der Waals surface area contributed by atoms with Crippen LogP contribution in [-0.4, -0.2) is 43.9 Å². The van der Waals surface area contributed by atoms with Crippen molar-refractivity contribution in [3.63, 3.8) is 0 Å². The first-order valence-corrected chi connectivity index (χ1v) is 16.1. The smallest absolute Gasteiger partial charge is 0.360 e. The van der Waals surface area contributed by atoms with Gasteiger partial charge in [-0.05, 0) is 62.2 Å². The molecule has 1 unspecified atom stereocenters. The zero-order chi connectivity index (χ0) is 33.6. The summed E-state index contributed by atoms with van der Waals surface area (Å²) in [5, 5.41) is -1.96. The largest absolute Gasteiger partial charge is 0.493 e. The lowest BCUT2D eigenvalue weighted by Crippen LogP contribution is -2.24. The van der Waals surface area contributed by atoms with Crippen LogP contribution >= 0.6 is 0 Å². The van der Waals surface area contributed by atoms with Gasteiger partial charge < -0.3 is 23.0 Å². The Bertz CT molecular complexity index is 2010. The van der Waals surface area contributed by atoms with Crippen molar-refractivity contribution in [1.82, 2.24) is 9.97 Å². The number of ketones is 1. The summed E-state index contributed by atoms with van der Waals surface area (Å²) in [4.78, 5) is 34.7. The molecule has 2 aromatic heterocycles. The van der Waals surface area contributed by atoms with Crippen LogP contribution in [0.25, 0.3) is 12.2 Å². The van der Waals surface area contributed by atoms with Crippen molar-refractivity contribution in [2.45, 2.75) is 37.5 Å². The van der Waals surface area contributed by atoms with Crippen molar-refractivity contribution in [2.75, 3.05) is 13.7 Å². The second-order valence-corrected chi connectivity index (χ2v) is 12.3. The van der Waals surface area contributed by atoms with Crippen LogP contribution in [0.3, 0.4) is 0 Å². The van der Waals surface area contributed by atoms with E-state index >= 15 is 0 Å². The van der Waals surface area contributed by atoms with E-state index in [1.807, 2.05) is 30.3 Å². The van der Waals surface area contributed by atoms with E-state index in [1.165, 1.54) is 38.1 Å². The van der Waals surface area contributed by atoms with Gasteiger partial charge in [-0.1, -0.05) is 54.6 Å². The number of hydrogen-bond donors (Lipinski definition) is 0. The number of carbonyl (C=O) groups excluding carboxylic acids is 2. The van der Waals surface area contributed by atoms with Crippen LogP contribution in [0.5, 0.6) is 11.5 Å². The fourth-order valence-electron chi connectivity index (χ4n) is 4.70. The van der Waals surface area contributed by atoms with E-state index in [1.54, 1.807) is 50.5 Å². The fraction of sp³-hybridized carbons (Fsp3) is 0.200. The van der Waals surface area contributed by atoms with Crippen LogP contribution < -0.4 is 9.47 Å². The maximum Gasteiger partial charge on any atom is 0.360 e. The summed E-state index contributed by atoms with van der Waals surface area (Å²) in [5.41, 5.74) is 1.26. The molecule has 5 rings (SSSR count). The lowest BCUT2D eigenvalue weighted by atomic mass is 10.2. The molecule has 3 aromatic carbocycles. The Hall–Kier alpha value is -5.49. The molecule has 0 aliphatic heterocycles. The van der Waals surface area contributed by atoms with Gasteiger partial charge in [0.1, 0.15) is 23.8 Å². The molecule has 0 saturated carbocycles. The molecule has 0 spiro atoms. The van der Waals surface area contributed by atoms with Gasteiger partial charge in [0, 0.05) is 6.08 Å². The molecule has 1 atom stereocenters. The number of benzene rings is 3. The third-order valence-electron chi connectivity index (χ3n) is 7.02. The fourth-order valence-corrected chi connectivity index (χ4v) is 6.27. The number of nitrogens with zero attached hydrogens (tertiary/aromatic N) is 2.